The first-order valence-corrected chi connectivity index (χ1v) is 14.5. The van der Waals surface area contributed by atoms with Gasteiger partial charge in [-0.15, -0.1) is 0 Å². The largest absolute Gasteiger partial charge is 0.0625 e. The van der Waals surface area contributed by atoms with Gasteiger partial charge in [0.05, 0.1) is 0 Å². The second-order valence-corrected chi connectivity index (χ2v) is 13.2. The number of hydrogen-bond acceptors (Lipinski definition) is 0. The Hall–Kier alpha value is 0. The van der Waals surface area contributed by atoms with E-state index in [9.17, 15) is 0 Å². The van der Waals surface area contributed by atoms with Crippen molar-refractivity contribution in [1.82, 2.24) is 0 Å². The van der Waals surface area contributed by atoms with Crippen molar-refractivity contribution < 1.29 is 0 Å². The molecule has 174 valence electrons. The molecule has 0 aromatic carbocycles. The van der Waals surface area contributed by atoms with Crippen molar-refractivity contribution in [3.05, 3.63) is 0 Å². The highest BCUT2D eigenvalue weighted by Gasteiger charge is 2.45. The Morgan fingerprint density at radius 1 is 0.300 bits per heavy atom. The van der Waals surface area contributed by atoms with Crippen molar-refractivity contribution in [1.29, 1.82) is 0 Å². The normalized spacial score (nSPS) is 45.6. The van der Waals surface area contributed by atoms with Crippen LogP contribution in [0.3, 0.4) is 0 Å². The predicted molar refractivity (Wildman–Crippen MR) is 131 cm³/mol. The predicted octanol–water partition coefficient (Wildman–Crippen LogP) is 9.52. The molecule has 0 aromatic rings. The van der Waals surface area contributed by atoms with E-state index in [1.165, 1.54) is 51.4 Å². The maximum Gasteiger partial charge on any atom is -0.0324 e. The Morgan fingerprint density at radius 3 is 0.633 bits per heavy atom. The zero-order chi connectivity index (χ0) is 21.1. The van der Waals surface area contributed by atoms with Crippen molar-refractivity contribution in [3.63, 3.8) is 0 Å². The van der Waals surface area contributed by atoms with Crippen molar-refractivity contribution in [2.75, 3.05) is 0 Å². The van der Waals surface area contributed by atoms with Crippen LogP contribution in [0.2, 0.25) is 0 Å². The van der Waals surface area contributed by atoms with Crippen LogP contribution < -0.4 is 0 Å². The van der Waals surface area contributed by atoms with Crippen LogP contribution in [-0.2, 0) is 0 Å². The minimum atomic E-state index is 0.998. The van der Waals surface area contributed by atoms with E-state index in [2.05, 4.69) is 27.7 Å². The van der Waals surface area contributed by atoms with Crippen LogP contribution in [-0.4, -0.2) is 0 Å². The Morgan fingerprint density at radius 2 is 0.467 bits per heavy atom. The lowest BCUT2D eigenvalue weighted by atomic mass is 9.54. The molecule has 0 unspecified atom stereocenters. The molecule has 0 nitrogen and oxygen atoms in total. The van der Waals surface area contributed by atoms with Crippen LogP contribution in [0.5, 0.6) is 0 Å². The molecule has 0 heterocycles. The first kappa shape index (κ1) is 23.2. The molecule has 0 spiro atoms. The topological polar surface area (TPSA) is 0 Å². The van der Waals surface area contributed by atoms with Crippen LogP contribution in [0.1, 0.15) is 130 Å². The van der Waals surface area contributed by atoms with Crippen molar-refractivity contribution >= 4 is 0 Å². The fourth-order valence-corrected chi connectivity index (χ4v) is 8.71. The zero-order valence-corrected chi connectivity index (χ0v) is 21.1. The summed E-state index contributed by atoms with van der Waals surface area (Å²) in [5.41, 5.74) is 0. The summed E-state index contributed by atoms with van der Waals surface area (Å²) < 4.78 is 0. The summed E-state index contributed by atoms with van der Waals surface area (Å²) in [5.74, 6) is 10.5. The Bertz CT molecular complexity index is 386. The molecular weight excluding hydrogens is 360 g/mol. The molecule has 0 aliphatic heterocycles. The molecule has 0 atom stereocenters. The summed E-state index contributed by atoms with van der Waals surface area (Å²) in [5, 5.41) is 0. The van der Waals surface area contributed by atoms with Crippen LogP contribution in [0.4, 0.5) is 0 Å². The molecule has 4 aliphatic carbocycles. The van der Waals surface area contributed by atoms with Crippen LogP contribution in [0.25, 0.3) is 0 Å². The lowest BCUT2D eigenvalue weighted by molar-refractivity contribution is -0.0145. The van der Waals surface area contributed by atoms with Gasteiger partial charge in [0.1, 0.15) is 0 Å². The SMILES string of the molecule is CC1CCC(C(C2CCC(C)CC2)C(C2CCC(C)CC2)C2CCC(C)CC2)CC1. The van der Waals surface area contributed by atoms with Gasteiger partial charge < -0.3 is 0 Å². The molecular formula is C30H54. The Labute approximate surface area is 189 Å². The molecule has 0 bridgehead atoms. The minimum Gasteiger partial charge on any atom is -0.0625 e. The number of hydrogen-bond donors (Lipinski definition) is 0. The summed E-state index contributed by atoms with van der Waals surface area (Å²) in [6.45, 7) is 10.1. The third-order valence-corrected chi connectivity index (χ3v) is 10.9. The Balaban J connectivity index is 1.59. The lowest BCUT2D eigenvalue weighted by Gasteiger charge is -2.51. The quantitative estimate of drug-likeness (QED) is 0.420. The minimum absolute atomic E-state index is 0.998. The van der Waals surface area contributed by atoms with Gasteiger partial charge in [0.25, 0.3) is 0 Å². The summed E-state index contributed by atoms with van der Waals surface area (Å²) in [6, 6.07) is 0. The van der Waals surface area contributed by atoms with Crippen molar-refractivity contribution in [2.45, 2.75) is 130 Å². The van der Waals surface area contributed by atoms with Gasteiger partial charge in [-0.2, -0.15) is 0 Å². The average molecular weight is 415 g/mol. The third kappa shape index (κ3) is 5.67. The second kappa shape index (κ2) is 10.7. The molecule has 4 aliphatic rings. The summed E-state index contributed by atoms with van der Waals surface area (Å²) >= 11 is 0. The maximum absolute atomic E-state index is 2.52. The fourth-order valence-electron chi connectivity index (χ4n) is 8.71. The summed E-state index contributed by atoms with van der Waals surface area (Å²) in [4.78, 5) is 0. The van der Waals surface area contributed by atoms with E-state index in [0.29, 0.717) is 0 Å². The highest BCUT2D eigenvalue weighted by molar-refractivity contribution is 4.94. The molecule has 0 saturated heterocycles. The van der Waals surface area contributed by atoms with Crippen LogP contribution in [0.15, 0.2) is 0 Å². The molecule has 30 heavy (non-hydrogen) atoms. The standard InChI is InChI=1S/C30H54/c1-21-5-13-25(14-6-21)29(26-15-7-22(2)8-16-26)30(27-17-9-23(3)10-18-27)28-19-11-24(4)12-20-28/h21-30H,5-20H2,1-4H3. The van der Waals surface area contributed by atoms with Gasteiger partial charge in [0, 0.05) is 0 Å². The highest BCUT2D eigenvalue weighted by Crippen LogP contribution is 2.54. The molecule has 4 fully saturated rings. The van der Waals surface area contributed by atoms with E-state index < -0.39 is 0 Å². The van der Waals surface area contributed by atoms with Gasteiger partial charge in [-0.05, 0) is 111 Å². The van der Waals surface area contributed by atoms with E-state index in [-0.39, 0.29) is 0 Å². The number of rotatable bonds is 5. The highest BCUT2D eigenvalue weighted by atomic mass is 14.5. The van der Waals surface area contributed by atoms with E-state index >= 15 is 0 Å². The monoisotopic (exact) mass is 414 g/mol. The smallest absolute Gasteiger partial charge is 0.0324 e. The van der Waals surface area contributed by atoms with Gasteiger partial charge in [0.2, 0.25) is 0 Å². The van der Waals surface area contributed by atoms with E-state index in [1.807, 2.05) is 0 Å². The van der Waals surface area contributed by atoms with E-state index in [1.54, 1.807) is 51.4 Å². The average Bonchev–Trinajstić information content (AvgIpc) is 2.75. The molecule has 0 aromatic heterocycles. The summed E-state index contributed by atoms with van der Waals surface area (Å²) in [7, 11) is 0. The molecule has 4 rings (SSSR count). The maximum atomic E-state index is 2.52. The molecule has 0 N–H and O–H groups in total. The van der Waals surface area contributed by atoms with Gasteiger partial charge in [0.15, 0.2) is 0 Å². The first-order chi connectivity index (χ1) is 14.5. The summed E-state index contributed by atoms with van der Waals surface area (Å²) in [6.07, 6.45) is 24.8. The zero-order valence-electron chi connectivity index (χ0n) is 21.1. The molecule has 4 saturated carbocycles. The van der Waals surface area contributed by atoms with Crippen LogP contribution >= 0.6 is 0 Å². The molecule has 0 radical (unpaired) electrons. The second-order valence-electron chi connectivity index (χ2n) is 13.2. The van der Waals surface area contributed by atoms with Crippen LogP contribution in [0, 0.1) is 59.2 Å². The van der Waals surface area contributed by atoms with E-state index in [4.69, 9.17) is 0 Å². The Kier molecular flexibility index (Phi) is 8.30. The third-order valence-electron chi connectivity index (χ3n) is 10.9. The van der Waals surface area contributed by atoms with Gasteiger partial charge >= 0.3 is 0 Å². The fraction of sp³-hybridized carbons (Fsp3) is 1.00. The lowest BCUT2D eigenvalue weighted by Crippen LogP contribution is -2.43. The molecule has 0 amide bonds. The van der Waals surface area contributed by atoms with Crippen molar-refractivity contribution in [2.24, 2.45) is 59.2 Å². The van der Waals surface area contributed by atoms with Gasteiger partial charge in [-0.1, -0.05) is 79.1 Å². The van der Waals surface area contributed by atoms with Gasteiger partial charge in [-0.25, -0.2) is 0 Å². The molecule has 0 heteroatoms. The van der Waals surface area contributed by atoms with Gasteiger partial charge in [-0.3, -0.25) is 0 Å². The first-order valence-electron chi connectivity index (χ1n) is 14.5. The van der Waals surface area contributed by atoms with Crippen molar-refractivity contribution in [3.8, 4) is 0 Å². The van der Waals surface area contributed by atoms with E-state index in [0.717, 1.165) is 59.2 Å².